The van der Waals surface area contributed by atoms with Crippen LogP contribution in [0.3, 0.4) is 0 Å². The van der Waals surface area contributed by atoms with Gasteiger partial charge in [-0.05, 0) is 18.9 Å². The van der Waals surface area contributed by atoms with Crippen molar-refractivity contribution in [3.8, 4) is 0 Å². The third-order valence-corrected chi connectivity index (χ3v) is 3.44. The Hall–Kier alpha value is -0.900. The van der Waals surface area contributed by atoms with Crippen molar-refractivity contribution in [3.63, 3.8) is 0 Å². The Labute approximate surface area is 103 Å². The summed E-state index contributed by atoms with van der Waals surface area (Å²) >= 11 is 0. The minimum atomic E-state index is 0.275. The van der Waals surface area contributed by atoms with Gasteiger partial charge >= 0.3 is 0 Å². The maximum absolute atomic E-state index is 9.08. The summed E-state index contributed by atoms with van der Waals surface area (Å²) < 4.78 is 0. The van der Waals surface area contributed by atoms with Crippen molar-refractivity contribution in [2.24, 2.45) is 0 Å². The second-order valence-electron chi connectivity index (χ2n) is 4.83. The molecule has 1 fully saturated rings. The van der Waals surface area contributed by atoms with Gasteiger partial charge in [0.2, 0.25) is 0 Å². The Morgan fingerprint density at radius 1 is 1.35 bits per heavy atom. The van der Waals surface area contributed by atoms with Gasteiger partial charge in [-0.15, -0.1) is 0 Å². The standard InChI is InChI=1S/C14H22N2O/c1-12-2-4-13(5-3-12)11-16-8-7-15-10-14(16)6-9-17/h2-5,14-15,17H,6-11H2,1H3. The zero-order valence-electron chi connectivity index (χ0n) is 10.5. The van der Waals surface area contributed by atoms with Crippen molar-refractivity contribution in [2.45, 2.75) is 25.9 Å². The van der Waals surface area contributed by atoms with E-state index in [1.165, 1.54) is 11.1 Å². The van der Waals surface area contributed by atoms with Crippen molar-refractivity contribution in [2.75, 3.05) is 26.2 Å². The molecule has 0 aliphatic carbocycles. The monoisotopic (exact) mass is 234 g/mol. The number of nitrogens with one attached hydrogen (secondary N) is 1. The van der Waals surface area contributed by atoms with Crippen LogP contribution in [0.5, 0.6) is 0 Å². The zero-order chi connectivity index (χ0) is 12.1. The molecular formula is C14H22N2O. The first kappa shape index (κ1) is 12.6. The summed E-state index contributed by atoms with van der Waals surface area (Å²) in [4.78, 5) is 2.47. The fraction of sp³-hybridized carbons (Fsp3) is 0.571. The molecule has 2 rings (SSSR count). The topological polar surface area (TPSA) is 35.5 Å². The first-order valence-electron chi connectivity index (χ1n) is 6.41. The van der Waals surface area contributed by atoms with Crippen molar-refractivity contribution < 1.29 is 5.11 Å². The second-order valence-corrected chi connectivity index (χ2v) is 4.83. The maximum Gasteiger partial charge on any atom is 0.0446 e. The van der Waals surface area contributed by atoms with E-state index < -0.39 is 0 Å². The summed E-state index contributed by atoms with van der Waals surface area (Å²) in [7, 11) is 0. The predicted octanol–water partition coefficient (Wildman–Crippen LogP) is 1.15. The predicted molar refractivity (Wildman–Crippen MR) is 69.9 cm³/mol. The van der Waals surface area contributed by atoms with Crippen molar-refractivity contribution in [3.05, 3.63) is 35.4 Å². The van der Waals surface area contributed by atoms with Gasteiger partial charge in [-0.2, -0.15) is 0 Å². The van der Waals surface area contributed by atoms with E-state index in [4.69, 9.17) is 5.11 Å². The lowest BCUT2D eigenvalue weighted by Crippen LogP contribution is -2.51. The third-order valence-electron chi connectivity index (χ3n) is 3.44. The molecule has 3 nitrogen and oxygen atoms in total. The molecule has 3 heteroatoms. The average Bonchev–Trinajstić information content (AvgIpc) is 2.35. The molecule has 1 atom stereocenters. The van der Waals surface area contributed by atoms with Crippen LogP contribution < -0.4 is 5.32 Å². The molecule has 1 aromatic carbocycles. The van der Waals surface area contributed by atoms with Crippen LogP contribution >= 0.6 is 0 Å². The lowest BCUT2D eigenvalue weighted by atomic mass is 10.1. The molecule has 0 aromatic heterocycles. The van der Waals surface area contributed by atoms with Gasteiger partial charge in [0.25, 0.3) is 0 Å². The SMILES string of the molecule is Cc1ccc(CN2CCNCC2CCO)cc1. The molecule has 0 amide bonds. The zero-order valence-corrected chi connectivity index (χ0v) is 10.5. The van der Waals surface area contributed by atoms with Crippen LogP contribution in [-0.4, -0.2) is 42.3 Å². The molecule has 0 spiro atoms. The van der Waals surface area contributed by atoms with Crippen LogP contribution in [0.2, 0.25) is 0 Å². The highest BCUT2D eigenvalue weighted by atomic mass is 16.3. The van der Waals surface area contributed by atoms with Crippen LogP contribution in [0.15, 0.2) is 24.3 Å². The van der Waals surface area contributed by atoms with Crippen molar-refractivity contribution in [1.82, 2.24) is 10.2 Å². The quantitative estimate of drug-likeness (QED) is 0.820. The number of rotatable bonds is 4. The lowest BCUT2D eigenvalue weighted by molar-refractivity contribution is 0.123. The van der Waals surface area contributed by atoms with Crippen LogP contribution in [0.1, 0.15) is 17.5 Å². The molecule has 0 bridgehead atoms. The number of aryl methyl sites for hydroxylation is 1. The normalized spacial score (nSPS) is 21.6. The summed E-state index contributed by atoms with van der Waals surface area (Å²) in [5.41, 5.74) is 2.67. The first-order valence-corrected chi connectivity index (χ1v) is 6.41. The van der Waals surface area contributed by atoms with Crippen LogP contribution in [0.4, 0.5) is 0 Å². The number of aliphatic hydroxyl groups is 1. The number of hydrogen-bond acceptors (Lipinski definition) is 3. The Bertz CT molecular complexity index is 335. The average molecular weight is 234 g/mol. The fourth-order valence-electron chi connectivity index (χ4n) is 2.37. The molecule has 1 aliphatic heterocycles. The van der Waals surface area contributed by atoms with Gasteiger partial charge in [0.1, 0.15) is 0 Å². The Morgan fingerprint density at radius 2 is 2.12 bits per heavy atom. The summed E-state index contributed by atoms with van der Waals surface area (Å²) in [5, 5.41) is 12.5. The van der Waals surface area contributed by atoms with Crippen molar-refractivity contribution in [1.29, 1.82) is 0 Å². The minimum absolute atomic E-state index is 0.275. The van der Waals surface area contributed by atoms with E-state index in [2.05, 4.69) is 41.4 Å². The van der Waals surface area contributed by atoms with E-state index in [1.54, 1.807) is 0 Å². The van der Waals surface area contributed by atoms with E-state index in [9.17, 15) is 0 Å². The largest absolute Gasteiger partial charge is 0.396 e. The number of hydrogen-bond donors (Lipinski definition) is 2. The summed E-state index contributed by atoms with van der Waals surface area (Å²) in [6.07, 6.45) is 0.860. The smallest absolute Gasteiger partial charge is 0.0446 e. The molecule has 17 heavy (non-hydrogen) atoms. The van der Waals surface area contributed by atoms with Gasteiger partial charge in [-0.3, -0.25) is 4.90 Å². The van der Waals surface area contributed by atoms with Crippen LogP contribution in [0.25, 0.3) is 0 Å². The Morgan fingerprint density at radius 3 is 2.82 bits per heavy atom. The molecule has 1 unspecified atom stereocenters. The highest BCUT2D eigenvalue weighted by Crippen LogP contribution is 2.13. The summed E-state index contributed by atoms with van der Waals surface area (Å²) in [5.74, 6) is 0. The molecule has 0 radical (unpaired) electrons. The molecule has 0 saturated carbocycles. The van der Waals surface area contributed by atoms with Crippen LogP contribution in [-0.2, 0) is 6.54 Å². The molecule has 1 heterocycles. The highest BCUT2D eigenvalue weighted by molar-refractivity contribution is 5.21. The number of nitrogens with zero attached hydrogens (tertiary/aromatic N) is 1. The third kappa shape index (κ3) is 3.53. The summed E-state index contributed by atoms with van der Waals surface area (Å²) in [6, 6.07) is 9.20. The highest BCUT2D eigenvalue weighted by Gasteiger charge is 2.21. The van der Waals surface area contributed by atoms with E-state index in [0.29, 0.717) is 6.04 Å². The molecular weight excluding hydrogens is 212 g/mol. The van der Waals surface area contributed by atoms with E-state index in [1.807, 2.05) is 0 Å². The minimum Gasteiger partial charge on any atom is -0.396 e. The van der Waals surface area contributed by atoms with Crippen LogP contribution in [0, 0.1) is 6.92 Å². The van der Waals surface area contributed by atoms with Gasteiger partial charge in [0.15, 0.2) is 0 Å². The molecule has 1 saturated heterocycles. The first-order chi connectivity index (χ1) is 8.29. The van der Waals surface area contributed by atoms with Crippen molar-refractivity contribution >= 4 is 0 Å². The fourth-order valence-corrected chi connectivity index (χ4v) is 2.37. The number of piperazine rings is 1. The number of aliphatic hydroxyl groups excluding tert-OH is 1. The summed E-state index contributed by atoms with van der Waals surface area (Å²) in [6.45, 7) is 6.49. The molecule has 2 N–H and O–H groups in total. The number of benzene rings is 1. The van der Waals surface area contributed by atoms with Gasteiger partial charge < -0.3 is 10.4 Å². The van der Waals surface area contributed by atoms with Gasteiger partial charge in [-0.1, -0.05) is 29.8 Å². The molecule has 1 aromatic rings. The van der Waals surface area contributed by atoms with E-state index >= 15 is 0 Å². The second kappa shape index (κ2) is 6.15. The van der Waals surface area contributed by atoms with Gasteiger partial charge in [0.05, 0.1) is 0 Å². The lowest BCUT2D eigenvalue weighted by Gasteiger charge is -2.36. The Kier molecular flexibility index (Phi) is 4.54. The maximum atomic E-state index is 9.08. The molecule has 94 valence electrons. The van der Waals surface area contributed by atoms with E-state index in [0.717, 1.165) is 32.6 Å². The van der Waals surface area contributed by atoms with Gasteiger partial charge in [-0.25, -0.2) is 0 Å². The van der Waals surface area contributed by atoms with E-state index in [-0.39, 0.29) is 6.61 Å². The van der Waals surface area contributed by atoms with Gasteiger partial charge in [0, 0.05) is 38.8 Å². The Balaban J connectivity index is 1.97. The molecule has 1 aliphatic rings.